The first kappa shape index (κ1) is 15.1. The molecule has 0 fully saturated rings. The Kier molecular flexibility index (Phi) is 5.80. The molecule has 4 nitrogen and oxygen atoms in total. The fraction of sp³-hybridized carbons (Fsp3) is 0.188. The predicted molar refractivity (Wildman–Crippen MR) is 84.0 cm³/mol. The second-order valence-corrected chi connectivity index (χ2v) is 5.54. The van der Waals surface area contributed by atoms with Crippen LogP contribution in [0.1, 0.15) is 18.4 Å². The molecular weight excluding hydrogens is 282 g/mol. The number of benzene rings is 1. The maximum atomic E-state index is 11.8. The van der Waals surface area contributed by atoms with E-state index < -0.39 is 0 Å². The number of carbonyl (C=O) groups is 1. The number of hydrogen-bond donors (Lipinski definition) is 1. The van der Waals surface area contributed by atoms with Crippen molar-refractivity contribution in [3.05, 3.63) is 54.4 Å². The van der Waals surface area contributed by atoms with E-state index >= 15 is 0 Å². The minimum absolute atomic E-state index is 0.00460. The van der Waals surface area contributed by atoms with Crippen molar-refractivity contribution in [3.63, 3.8) is 0 Å². The third kappa shape index (κ3) is 5.28. The third-order valence-electron chi connectivity index (χ3n) is 2.76. The molecule has 2 aromatic rings. The van der Waals surface area contributed by atoms with E-state index in [-0.39, 0.29) is 5.91 Å². The van der Waals surface area contributed by atoms with Gasteiger partial charge in [-0.05, 0) is 48.6 Å². The fourth-order valence-corrected chi connectivity index (χ4v) is 2.55. The van der Waals surface area contributed by atoms with Gasteiger partial charge in [-0.3, -0.25) is 9.78 Å². The second-order valence-electron chi connectivity index (χ2n) is 4.37. The molecule has 106 valence electrons. The highest BCUT2D eigenvalue weighted by atomic mass is 32.2. The van der Waals surface area contributed by atoms with Gasteiger partial charge in [0, 0.05) is 29.4 Å². The number of carbonyl (C=O) groups excluding carboxylic acids is 1. The zero-order valence-electron chi connectivity index (χ0n) is 11.5. The van der Waals surface area contributed by atoms with Crippen LogP contribution in [0.4, 0.5) is 5.69 Å². The van der Waals surface area contributed by atoms with Crippen LogP contribution in [-0.4, -0.2) is 16.6 Å². The van der Waals surface area contributed by atoms with Gasteiger partial charge in [0.2, 0.25) is 5.91 Å². The van der Waals surface area contributed by atoms with Crippen LogP contribution in [0.2, 0.25) is 0 Å². The summed E-state index contributed by atoms with van der Waals surface area (Å²) in [7, 11) is 0. The summed E-state index contributed by atoms with van der Waals surface area (Å²) in [6.45, 7) is 0. The number of aromatic nitrogens is 1. The highest BCUT2D eigenvalue weighted by Gasteiger charge is 2.03. The lowest BCUT2D eigenvalue weighted by atomic mass is 10.2. The van der Waals surface area contributed by atoms with E-state index in [1.807, 2.05) is 18.2 Å². The first-order valence-corrected chi connectivity index (χ1v) is 7.59. The first-order valence-electron chi connectivity index (χ1n) is 6.61. The van der Waals surface area contributed by atoms with E-state index in [1.54, 1.807) is 48.4 Å². The van der Waals surface area contributed by atoms with Crippen LogP contribution in [0.25, 0.3) is 0 Å². The smallest absolute Gasteiger partial charge is 0.224 e. The van der Waals surface area contributed by atoms with E-state index in [0.29, 0.717) is 12.0 Å². The van der Waals surface area contributed by atoms with Gasteiger partial charge in [-0.2, -0.15) is 5.26 Å². The van der Waals surface area contributed by atoms with Crippen LogP contribution in [0, 0.1) is 11.3 Å². The molecule has 0 saturated carbocycles. The number of pyridine rings is 1. The van der Waals surface area contributed by atoms with Crippen LogP contribution in [0.15, 0.2) is 53.7 Å². The van der Waals surface area contributed by atoms with Gasteiger partial charge >= 0.3 is 0 Å². The Hall–Kier alpha value is -2.32. The molecule has 21 heavy (non-hydrogen) atoms. The predicted octanol–water partition coefficient (Wildman–Crippen LogP) is 3.46. The van der Waals surface area contributed by atoms with E-state index in [0.717, 1.165) is 22.8 Å². The highest BCUT2D eigenvalue weighted by molar-refractivity contribution is 7.99. The first-order chi connectivity index (χ1) is 10.3. The molecule has 0 saturated heterocycles. The molecule has 5 heteroatoms. The summed E-state index contributed by atoms with van der Waals surface area (Å²) in [5.74, 6) is 0.889. The summed E-state index contributed by atoms with van der Waals surface area (Å²) in [5, 5.41) is 11.5. The lowest BCUT2D eigenvalue weighted by molar-refractivity contribution is -0.116. The van der Waals surface area contributed by atoms with E-state index in [1.165, 1.54) is 0 Å². The molecule has 0 radical (unpaired) electrons. The van der Waals surface area contributed by atoms with Crippen LogP contribution < -0.4 is 5.32 Å². The van der Waals surface area contributed by atoms with Crippen LogP contribution in [-0.2, 0) is 4.79 Å². The minimum Gasteiger partial charge on any atom is -0.326 e. The average Bonchev–Trinajstić information content (AvgIpc) is 2.53. The molecule has 1 amide bonds. The molecule has 1 heterocycles. The lowest BCUT2D eigenvalue weighted by Crippen LogP contribution is -2.11. The van der Waals surface area contributed by atoms with Gasteiger partial charge in [0.1, 0.15) is 0 Å². The Morgan fingerprint density at radius 1 is 1.19 bits per heavy atom. The van der Waals surface area contributed by atoms with Crippen molar-refractivity contribution in [3.8, 4) is 6.07 Å². The second kappa shape index (κ2) is 8.08. The van der Waals surface area contributed by atoms with Crippen molar-refractivity contribution < 1.29 is 4.79 Å². The van der Waals surface area contributed by atoms with Gasteiger partial charge in [-0.1, -0.05) is 0 Å². The van der Waals surface area contributed by atoms with Crippen molar-refractivity contribution >= 4 is 23.4 Å². The van der Waals surface area contributed by atoms with Crippen molar-refractivity contribution in [1.29, 1.82) is 5.26 Å². The van der Waals surface area contributed by atoms with Crippen molar-refractivity contribution in [2.24, 2.45) is 0 Å². The summed E-state index contributed by atoms with van der Waals surface area (Å²) < 4.78 is 0. The standard InChI is InChI=1S/C16H15N3OS/c17-12-13-3-5-14(6-4-13)19-16(20)2-1-11-21-15-7-9-18-10-8-15/h3-10H,1-2,11H2,(H,19,20). The molecule has 2 rings (SSSR count). The Bertz CT molecular complexity index is 620. The lowest BCUT2D eigenvalue weighted by Gasteiger charge is -2.05. The maximum Gasteiger partial charge on any atom is 0.224 e. The Labute approximate surface area is 128 Å². The minimum atomic E-state index is -0.00460. The summed E-state index contributed by atoms with van der Waals surface area (Å²) >= 11 is 1.72. The summed E-state index contributed by atoms with van der Waals surface area (Å²) in [6, 6.07) is 12.8. The van der Waals surface area contributed by atoms with Gasteiger partial charge in [0.25, 0.3) is 0 Å². The third-order valence-corrected chi connectivity index (χ3v) is 3.86. The zero-order chi connectivity index (χ0) is 14.9. The molecule has 0 bridgehead atoms. The van der Waals surface area contributed by atoms with E-state index in [4.69, 9.17) is 5.26 Å². The number of hydrogen-bond acceptors (Lipinski definition) is 4. The number of nitrogens with one attached hydrogen (secondary N) is 1. The van der Waals surface area contributed by atoms with Gasteiger partial charge in [0.05, 0.1) is 11.6 Å². The fourth-order valence-electron chi connectivity index (χ4n) is 1.71. The molecule has 0 aliphatic heterocycles. The SMILES string of the molecule is N#Cc1ccc(NC(=O)CCCSc2ccncc2)cc1. The monoisotopic (exact) mass is 297 g/mol. The van der Waals surface area contributed by atoms with Crippen LogP contribution >= 0.6 is 11.8 Å². The molecule has 0 atom stereocenters. The molecule has 0 unspecified atom stereocenters. The van der Waals surface area contributed by atoms with E-state index in [2.05, 4.69) is 10.3 Å². The molecule has 0 spiro atoms. The highest BCUT2D eigenvalue weighted by Crippen LogP contribution is 2.18. The zero-order valence-corrected chi connectivity index (χ0v) is 12.3. The van der Waals surface area contributed by atoms with Crippen molar-refractivity contribution in [1.82, 2.24) is 4.98 Å². The number of rotatable bonds is 6. The molecular formula is C16H15N3OS. The number of thioether (sulfide) groups is 1. The molecule has 0 aliphatic carbocycles. The van der Waals surface area contributed by atoms with Gasteiger partial charge in [0.15, 0.2) is 0 Å². The largest absolute Gasteiger partial charge is 0.326 e. The van der Waals surface area contributed by atoms with Crippen molar-refractivity contribution in [2.45, 2.75) is 17.7 Å². The maximum absolute atomic E-state index is 11.8. The Morgan fingerprint density at radius 2 is 1.90 bits per heavy atom. The molecule has 0 aliphatic rings. The average molecular weight is 297 g/mol. The normalized spacial score (nSPS) is 9.86. The van der Waals surface area contributed by atoms with Crippen LogP contribution in [0.3, 0.4) is 0 Å². The number of nitrogens with zero attached hydrogens (tertiary/aromatic N) is 2. The number of amides is 1. The summed E-state index contributed by atoms with van der Waals surface area (Å²) in [6.07, 6.45) is 4.83. The topological polar surface area (TPSA) is 65.8 Å². The Morgan fingerprint density at radius 3 is 2.57 bits per heavy atom. The number of nitriles is 1. The summed E-state index contributed by atoms with van der Waals surface area (Å²) in [4.78, 5) is 16.9. The van der Waals surface area contributed by atoms with Crippen LogP contribution in [0.5, 0.6) is 0 Å². The number of anilines is 1. The summed E-state index contributed by atoms with van der Waals surface area (Å²) in [5.41, 5.74) is 1.31. The Balaban J connectivity index is 1.69. The van der Waals surface area contributed by atoms with Gasteiger partial charge in [-0.15, -0.1) is 11.8 Å². The molecule has 1 aromatic carbocycles. The quantitative estimate of drug-likeness (QED) is 0.655. The van der Waals surface area contributed by atoms with Gasteiger partial charge in [-0.25, -0.2) is 0 Å². The van der Waals surface area contributed by atoms with Gasteiger partial charge < -0.3 is 5.32 Å². The van der Waals surface area contributed by atoms with Crippen molar-refractivity contribution in [2.75, 3.05) is 11.1 Å². The molecule has 1 aromatic heterocycles. The molecule has 1 N–H and O–H groups in total. The van der Waals surface area contributed by atoms with E-state index in [9.17, 15) is 4.79 Å².